The van der Waals surface area contributed by atoms with Crippen LogP contribution in [0.25, 0.3) is 0 Å². The molecule has 0 aromatic heterocycles. The van der Waals surface area contributed by atoms with Crippen molar-refractivity contribution in [2.75, 3.05) is 25.4 Å². The zero-order valence-electron chi connectivity index (χ0n) is 18.1. The normalized spacial score (nSPS) is 31.4. The third kappa shape index (κ3) is 7.04. The van der Waals surface area contributed by atoms with Gasteiger partial charge in [-0.25, -0.2) is 0 Å². The summed E-state index contributed by atoms with van der Waals surface area (Å²) in [5, 5.41) is 7.36. The molecule has 2 rings (SSSR count). The van der Waals surface area contributed by atoms with Gasteiger partial charge in [0.1, 0.15) is 0 Å². The van der Waals surface area contributed by atoms with Crippen LogP contribution in [-0.2, 0) is 15.5 Å². The van der Waals surface area contributed by atoms with Gasteiger partial charge in [-0.05, 0) is 44.4 Å². The highest BCUT2D eigenvalue weighted by Gasteiger charge is 2.35. The lowest BCUT2D eigenvalue weighted by Crippen LogP contribution is -2.47. The van der Waals surface area contributed by atoms with Crippen molar-refractivity contribution >= 4 is 16.8 Å². The fourth-order valence-corrected chi connectivity index (χ4v) is 5.81. The molecule has 5 unspecified atom stereocenters. The van der Waals surface area contributed by atoms with E-state index in [1.165, 1.54) is 6.42 Å². The Hall–Kier alpha value is -0.620. The Morgan fingerprint density at radius 2 is 1.96 bits per heavy atom. The second-order valence-corrected chi connectivity index (χ2v) is 11.1. The molecule has 0 aromatic carbocycles. The lowest BCUT2D eigenvalue weighted by Gasteiger charge is -2.39. The maximum Gasteiger partial charge on any atom is 0.191 e. The molecule has 1 aliphatic carbocycles. The van der Waals surface area contributed by atoms with E-state index in [9.17, 15) is 4.21 Å². The minimum Gasteiger partial charge on any atom is -0.377 e. The van der Waals surface area contributed by atoms with Gasteiger partial charge in [0.25, 0.3) is 0 Å². The number of guanidine groups is 1. The van der Waals surface area contributed by atoms with Crippen LogP contribution in [0.5, 0.6) is 0 Å². The van der Waals surface area contributed by atoms with Crippen LogP contribution < -0.4 is 10.6 Å². The molecule has 1 saturated heterocycles. The zero-order valence-corrected chi connectivity index (χ0v) is 18.9. The summed E-state index contributed by atoms with van der Waals surface area (Å²) in [5.41, 5.74) is 0.146. The average Bonchev–Trinajstić information content (AvgIpc) is 2.65. The molecule has 0 radical (unpaired) electrons. The molecule has 1 saturated carbocycles. The third-order valence-electron chi connectivity index (χ3n) is 5.75. The van der Waals surface area contributed by atoms with Gasteiger partial charge < -0.3 is 15.4 Å². The zero-order chi connectivity index (χ0) is 19.9. The van der Waals surface area contributed by atoms with Crippen LogP contribution in [0.2, 0.25) is 0 Å². The van der Waals surface area contributed by atoms with E-state index in [0.29, 0.717) is 17.2 Å². The Morgan fingerprint density at radius 3 is 2.63 bits per heavy atom. The molecular formula is C21H41N3O2S. The van der Waals surface area contributed by atoms with Gasteiger partial charge in [0.15, 0.2) is 5.96 Å². The summed E-state index contributed by atoms with van der Waals surface area (Å²) in [4.78, 5) is 4.92. The maximum absolute atomic E-state index is 12.2. The van der Waals surface area contributed by atoms with Crippen molar-refractivity contribution in [1.29, 1.82) is 0 Å². The monoisotopic (exact) mass is 399 g/mol. The fraction of sp³-hybridized carbons (Fsp3) is 0.952. The van der Waals surface area contributed by atoms with Gasteiger partial charge in [-0.3, -0.25) is 9.20 Å². The highest BCUT2D eigenvalue weighted by Crippen LogP contribution is 2.34. The molecule has 1 aliphatic heterocycles. The summed E-state index contributed by atoms with van der Waals surface area (Å²) in [5.74, 6) is 2.14. The third-order valence-corrected chi connectivity index (χ3v) is 7.49. The number of aliphatic imine (C=N–C) groups is 1. The van der Waals surface area contributed by atoms with Gasteiger partial charge >= 0.3 is 0 Å². The topological polar surface area (TPSA) is 62.7 Å². The fourth-order valence-electron chi connectivity index (χ4n) is 4.46. The van der Waals surface area contributed by atoms with Crippen molar-refractivity contribution in [2.24, 2.45) is 16.3 Å². The minimum absolute atomic E-state index is 0.146. The molecule has 2 aliphatic rings. The SMILES string of the molecule is CCNC(=NCC1CCCOC1C(C)(C)C)NC1CCCC(S(=O)CC)C1. The number of hydrogen-bond donors (Lipinski definition) is 2. The maximum atomic E-state index is 12.2. The van der Waals surface area contributed by atoms with E-state index < -0.39 is 10.8 Å². The highest BCUT2D eigenvalue weighted by atomic mass is 32.2. The molecule has 0 bridgehead atoms. The van der Waals surface area contributed by atoms with Gasteiger partial charge in [-0.2, -0.15) is 0 Å². The van der Waals surface area contributed by atoms with Crippen LogP contribution in [0.1, 0.15) is 73.1 Å². The van der Waals surface area contributed by atoms with Gasteiger partial charge in [-0.1, -0.05) is 34.1 Å². The van der Waals surface area contributed by atoms with E-state index in [-0.39, 0.29) is 11.5 Å². The standard InChI is InChI=1S/C21H41N3O2S/c1-6-22-20(24-17-11-8-12-18(14-17)27(25)7-2)23-15-16-10-9-13-26-19(16)21(3,4)5/h16-19H,6-15H2,1-5H3,(H2,22,23,24). The highest BCUT2D eigenvalue weighted by molar-refractivity contribution is 7.85. The van der Waals surface area contributed by atoms with Crippen LogP contribution in [0.15, 0.2) is 4.99 Å². The molecule has 1 heterocycles. The minimum atomic E-state index is -0.692. The summed E-state index contributed by atoms with van der Waals surface area (Å²) in [6.45, 7) is 13.4. The molecular weight excluding hydrogens is 358 g/mol. The van der Waals surface area contributed by atoms with Crippen LogP contribution in [-0.4, -0.2) is 53.0 Å². The van der Waals surface area contributed by atoms with Crippen molar-refractivity contribution in [3.05, 3.63) is 0 Å². The van der Waals surface area contributed by atoms with E-state index in [2.05, 4.69) is 38.3 Å². The van der Waals surface area contributed by atoms with E-state index in [0.717, 1.165) is 63.5 Å². The largest absolute Gasteiger partial charge is 0.377 e. The molecule has 5 atom stereocenters. The summed E-state index contributed by atoms with van der Waals surface area (Å²) >= 11 is 0. The van der Waals surface area contributed by atoms with Crippen LogP contribution >= 0.6 is 0 Å². The van der Waals surface area contributed by atoms with E-state index >= 15 is 0 Å². The van der Waals surface area contributed by atoms with Gasteiger partial charge in [-0.15, -0.1) is 0 Å². The number of rotatable bonds is 6. The van der Waals surface area contributed by atoms with Gasteiger partial charge in [0.2, 0.25) is 0 Å². The quantitative estimate of drug-likeness (QED) is 0.530. The Morgan fingerprint density at radius 1 is 1.19 bits per heavy atom. The van der Waals surface area contributed by atoms with E-state index in [1.807, 2.05) is 6.92 Å². The Kier molecular flexibility index (Phi) is 9.06. The number of ether oxygens (including phenoxy) is 1. The number of hydrogen-bond acceptors (Lipinski definition) is 3. The first kappa shape index (κ1) is 22.7. The Balaban J connectivity index is 1.97. The summed E-state index contributed by atoms with van der Waals surface area (Å²) in [7, 11) is -0.692. The first-order valence-electron chi connectivity index (χ1n) is 10.9. The van der Waals surface area contributed by atoms with E-state index in [4.69, 9.17) is 9.73 Å². The van der Waals surface area contributed by atoms with Gasteiger partial charge in [0.05, 0.1) is 6.10 Å². The molecule has 5 nitrogen and oxygen atoms in total. The Labute approximate surface area is 169 Å². The average molecular weight is 400 g/mol. The second-order valence-electron chi connectivity index (χ2n) is 9.08. The molecule has 2 fully saturated rings. The van der Waals surface area contributed by atoms with Crippen LogP contribution in [0, 0.1) is 11.3 Å². The number of nitrogens with one attached hydrogen (secondary N) is 2. The van der Waals surface area contributed by atoms with Crippen molar-refractivity contribution in [3.63, 3.8) is 0 Å². The molecule has 0 aromatic rings. The van der Waals surface area contributed by atoms with Crippen molar-refractivity contribution in [1.82, 2.24) is 10.6 Å². The van der Waals surface area contributed by atoms with Gasteiger partial charge in [0, 0.05) is 53.5 Å². The smallest absolute Gasteiger partial charge is 0.191 e. The molecule has 6 heteroatoms. The first-order valence-corrected chi connectivity index (χ1v) is 12.3. The predicted molar refractivity (Wildman–Crippen MR) is 116 cm³/mol. The lowest BCUT2D eigenvalue weighted by atomic mass is 9.78. The van der Waals surface area contributed by atoms with Crippen LogP contribution in [0.4, 0.5) is 0 Å². The summed E-state index contributed by atoms with van der Waals surface area (Å²) < 4.78 is 18.3. The second kappa shape index (κ2) is 10.8. The summed E-state index contributed by atoms with van der Waals surface area (Å²) in [6.07, 6.45) is 6.95. The molecule has 0 spiro atoms. The molecule has 27 heavy (non-hydrogen) atoms. The van der Waals surface area contributed by atoms with E-state index in [1.54, 1.807) is 0 Å². The Bertz CT molecular complexity index is 504. The first-order chi connectivity index (χ1) is 12.8. The predicted octanol–water partition coefficient (Wildman–Crippen LogP) is 3.46. The molecule has 0 amide bonds. The summed E-state index contributed by atoms with van der Waals surface area (Å²) in [6, 6.07) is 0.373. The van der Waals surface area contributed by atoms with Crippen molar-refractivity contribution in [3.8, 4) is 0 Å². The number of nitrogens with zero attached hydrogens (tertiary/aromatic N) is 1. The lowest BCUT2D eigenvalue weighted by molar-refractivity contribution is -0.0823. The van der Waals surface area contributed by atoms with Crippen molar-refractivity contribution in [2.45, 2.75) is 90.5 Å². The van der Waals surface area contributed by atoms with Crippen molar-refractivity contribution < 1.29 is 8.95 Å². The van der Waals surface area contributed by atoms with Crippen LogP contribution in [0.3, 0.4) is 0 Å². The molecule has 158 valence electrons. The molecule has 2 N–H and O–H groups in total.